The number of nitrogens with zero attached hydrogens (tertiary/aromatic N) is 5. The Kier molecular flexibility index (Phi) is 7.88. The Balaban J connectivity index is 1.43. The molecule has 42 heavy (non-hydrogen) atoms. The number of carbonyl (C=O) groups excluding carboxylic acids is 1. The van der Waals surface area contributed by atoms with Crippen molar-refractivity contribution in [2.45, 2.75) is 19.8 Å². The molecule has 3 aromatic heterocycles. The van der Waals surface area contributed by atoms with E-state index in [9.17, 15) is 22.4 Å². The van der Waals surface area contributed by atoms with Crippen LogP contribution in [0, 0.1) is 17.6 Å². The Labute approximate surface area is 239 Å². The molecule has 1 atom stereocenters. The van der Waals surface area contributed by atoms with Gasteiger partial charge in [-0.1, -0.05) is 6.92 Å². The third-order valence-corrected chi connectivity index (χ3v) is 8.75. The summed E-state index contributed by atoms with van der Waals surface area (Å²) in [5, 5.41) is 9.32. The molecule has 1 saturated heterocycles. The molecule has 4 heterocycles. The van der Waals surface area contributed by atoms with Gasteiger partial charge in [-0.2, -0.15) is 12.7 Å². The second kappa shape index (κ2) is 11.4. The number of aliphatic carboxylic acids is 1. The Bertz CT molecular complexity index is 1780. The Morgan fingerprint density at radius 1 is 1.17 bits per heavy atom. The number of hydrogen-bond donors (Lipinski definition) is 3. The first-order chi connectivity index (χ1) is 20.0. The maximum absolute atomic E-state index is 15.4. The highest BCUT2D eigenvalue weighted by Gasteiger charge is 2.28. The maximum atomic E-state index is 15.4. The summed E-state index contributed by atoms with van der Waals surface area (Å²) >= 11 is 0. The van der Waals surface area contributed by atoms with E-state index in [2.05, 4.69) is 19.9 Å². The van der Waals surface area contributed by atoms with E-state index < -0.39 is 44.8 Å². The smallest absolute Gasteiger partial charge is 0.303 e. The van der Waals surface area contributed by atoms with Crippen LogP contribution >= 0.6 is 0 Å². The van der Waals surface area contributed by atoms with Crippen LogP contribution in [0.2, 0.25) is 0 Å². The van der Waals surface area contributed by atoms with Crippen molar-refractivity contribution in [1.29, 1.82) is 0 Å². The number of fused-ring (bicyclic) bond motifs is 1. The molecule has 15 heteroatoms. The summed E-state index contributed by atoms with van der Waals surface area (Å²) in [7, 11) is -2.84. The maximum Gasteiger partial charge on any atom is 0.303 e. The standard InChI is InChI=1S/C27H27F2N7O5S/c1-3-35(2)42(40,41)34-21-5-4-20(28)23(24(21)29)25(39)19-13-31-26-18(19)9-16(10-30-26)17-11-32-27(33-12-17)36-7-6-15(14-36)8-22(37)38/h4-5,9-13,15,34H,3,6-8,14H2,1-2H3,(H,30,31)(H,37,38)/t15-/m0/s1. The number of carboxylic acid groups (broad SMARTS) is 1. The highest BCUT2D eigenvalue weighted by atomic mass is 32.2. The normalized spacial score (nSPS) is 15.5. The Hall–Kier alpha value is -4.50. The molecule has 5 rings (SSSR count). The van der Waals surface area contributed by atoms with Gasteiger partial charge in [-0.15, -0.1) is 0 Å². The number of H-pyrrole nitrogens is 1. The van der Waals surface area contributed by atoms with Crippen LogP contribution < -0.4 is 9.62 Å². The minimum absolute atomic E-state index is 0.0233. The number of halogens is 2. The lowest BCUT2D eigenvalue weighted by atomic mass is 10.0. The zero-order valence-electron chi connectivity index (χ0n) is 22.6. The highest BCUT2D eigenvalue weighted by Crippen LogP contribution is 2.30. The molecular weight excluding hydrogens is 572 g/mol. The quantitative estimate of drug-likeness (QED) is 0.232. The third-order valence-electron chi connectivity index (χ3n) is 7.19. The van der Waals surface area contributed by atoms with Gasteiger partial charge in [-0.25, -0.2) is 23.7 Å². The lowest BCUT2D eigenvalue weighted by Crippen LogP contribution is -2.32. The average Bonchev–Trinajstić information content (AvgIpc) is 3.60. The van der Waals surface area contributed by atoms with Crippen LogP contribution in [0.15, 0.2) is 43.0 Å². The number of anilines is 2. The van der Waals surface area contributed by atoms with Crippen molar-refractivity contribution in [2.24, 2.45) is 5.92 Å². The van der Waals surface area contributed by atoms with E-state index in [1.807, 2.05) is 9.62 Å². The van der Waals surface area contributed by atoms with Gasteiger partial charge >= 0.3 is 16.2 Å². The molecule has 220 valence electrons. The number of pyridine rings is 1. The second-order valence-corrected chi connectivity index (χ2v) is 11.7. The Morgan fingerprint density at radius 3 is 2.57 bits per heavy atom. The van der Waals surface area contributed by atoms with Crippen LogP contribution in [0.3, 0.4) is 0 Å². The van der Waals surface area contributed by atoms with Gasteiger partial charge in [0.1, 0.15) is 11.5 Å². The summed E-state index contributed by atoms with van der Waals surface area (Å²) in [4.78, 5) is 42.3. The fourth-order valence-electron chi connectivity index (χ4n) is 4.77. The summed E-state index contributed by atoms with van der Waals surface area (Å²) in [5.74, 6) is -3.86. The van der Waals surface area contributed by atoms with Crippen molar-refractivity contribution in [3.8, 4) is 11.1 Å². The first-order valence-electron chi connectivity index (χ1n) is 13.0. The fourth-order valence-corrected chi connectivity index (χ4v) is 5.70. The lowest BCUT2D eigenvalue weighted by molar-refractivity contribution is -0.137. The second-order valence-electron chi connectivity index (χ2n) is 9.93. The number of aromatic nitrogens is 4. The summed E-state index contributed by atoms with van der Waals surface area (Å²) in [6.45, 7) is 2.87. The number of ketones is 1. The van der Waals surface area contributed by atoms with Crippen LogP contribution in [-0.4, -0.2) is 76.2 Å². The van der Waals surface area contributed by atoms with Crippen molar-refractivity contribution in [3.05, 3.63) is 65.7 Å². The van der Waals surface area contributed by atoms with Crippen LogP contribution in [0.5, 0.6) is 0 Å². The molecular formula is C27H27F2N7O5S. The van der Waals surface area contributed by atoms with E-state index in [-0.39, 0.29) is 29.8 Å². The van der Waals surface area contributed by atoms with Crippen LogP contribution in [0.1, 0.15) is 35.7 Å². The van der Waals surface area contributed by atoms with Crippen LogP contribution in [0.4, 0.5) is 20.4 Å². The molecule has 0 amide bonds. The highest BCUT2D eigenvalue weighted by molar-refractivity contribution is 7.90. The minimum Gasteiger partial charge on any atom is -0.481 e. The van der Waals surface area contributed by atoms with Crippen LogP contribution in [-0.2, 0) is 15.0 Å². The van der Waals surface area contributed by atoms with Gasteiger partial charge in [0.05, 0.1) is 11.3 Å². The van der Waals surface area contributed by atoms with Crippen molar-refractivity contribution >= 4 is 44.6 Å². The monoisotopic (exact) mass is 599 g/mol. The fraction of sp³-hybridized carbons (Fsp3) is 0.296. The van der Waals surface area contributed by atoms with Gasteiger partial charge in [0.25, 0.3) is 0 Å². The van der Waals surface area contributed by atoms with Gasteiger partial charge in [-0.3, -0.25) is 14.3 Å². The number of carbonyl (C=O) groups is 2. The molecule has 0 unspecified atom stereocenters. The average molecular weight is 600 g/mol. The van der Waals surface area contributed by atoms with Crippen LogP contribution in [0.25, 0.3) is 22.2 Å². The number of benzene rings is 1. The van der Waals surface area contributed by atoms with Gasteiger partial charge in [-0.05, 0) is 30.5 Å². The largest absolute Gasteiger partial charge is 0.481 e. The van der Waals surface area contributed by atoms with E-state index in [0.29, 0.717) is 35.8 Å². The molecule has 1 aliphatic heterocycles. The van der Waals surface area contributed by atoms with E-state index in [1.54, 1.807) is 25.4 Å². The first-order valence-corrected chi connectivity index (χ1v) is 14.5. The number of nitrogens with one attached hydrogen (secondary N) is 2. The summed E-state index contributed by atoms with van der Waals surface area (Å²) in [6, 6.07) is 3.35. The van der Waals surface area contributed by atoms with Gasteiger partial charge in [0.2, 0.25) is 11.7 Å². The van der Waals surface area contributed by atoms with E-state index >= 15 is 4.39 Å². The molecule has 12 nitrogen and oxygen atoms in total. The predicted octanol–water partition coefficient (Wildman–Crippen LogP) is 3.44. The zero-order chi connectivity index (χ0) is 30.2. The third kappa shape index (κ3) is 5.65. The molecule has 0 saturated carbocycles. The van der Waals surface area contributed by atoms with E-state index in [1.165, 1.54) is 19.4 Å². The predicted molar refractivity (Wildman–Crippen MR) is 150 cm³/mol. The molecule has 1 fully saturated rings. The zero-order valence-corrected chi connectivity index (χ0v) is 23.5. The van der Waals surface area contributed by atoms with Crippen molar-refractivity contribution in [1.82, 2.24) is 24.2 Å². The molecule has 1 aliphatic rings. The first kappa shape index (κ1) is 29.0. The van der Waals surface area contributed by atoms with Gasteiger partial charge in [0, 0.05) is 80.0 Å². The van der Waals surface area contributed by atoms with Gasteiger partial charge < -0.3 is 15.0 Å². The molecule has 0 spiro atoms. The number of aromatic amines is 1. The molecule has 0 radical (unpaired) electrons. The Morgan fingerprint density at radius 2 is 1.88 bits per heavy atom. The molecule has 4 aromatic rings. The molecule has 0 aliphatic carbocycles. The molecule has 0 bridgehead atoms. The molecule has 1 aromatic carbocycles. The van der Waals surface area contributed by atoms with Crippen molar-refractivity contribution in [3.63, 3.8) is 0 Å². The number of hydrogen-bond acceptors (Lipinski definition) is 8. The van der Waals surface area contributed by atoms with E-state index in [4.69, 9.17) is 5.11 Å². The van der Waals surface area contributed by atoms with Crippen molar-refractivity contribution < 1.29 is 31.9 Å². The minimum atomic E-state index is -4.13. The number of rotatable bonds is 10. The molecule has 3 N–H and O–H groups in total. The van der Waals surface area contributed by atoms with E-state index in [0.717, 1.165) is 22.9 Å². The number of carboxylic acids is 1. The van der Waals surface area contributed by atoms with Gasteiger partial charge in [0.15, 0.2) is 5.82 Å². The topological polar surface area (TPSA) is 161 Å². The summed E-state index contributed by atoms with van der Waals surface area (Å²) in [5.41, 5.74) is -0.144. The van der Waals surface area contributed by atoms with Crippen molar-refractivity contribution in [2.75, 3.05) is 36.3 Å². The summed E-state index contributed by atoms with van der Waals surface area (Å²) in [6.07, 6.45) is 6.78. The lowest BCUT2D eigenvalue weighted by Gasteiger charge is -2.17. The summed E-state index contributed by atoms with van der Waals surface area (Å²) < 4.78 is 58.0. The SMILES string of the molecule is CCN(C)S(=O)(=O)Nc1ccc(F)c(C(=O)c2c[nH]c3ncc(-c4cnc(N5CC[C@@H](CC(=O)O)C5)nc4)cc23)c1F.